The van der Waals surface area contributed by atoms with Gasteiger partial charge >= 0.3 is 0 Å². The Morgan fingerprint density at radius 2 is 1.74 bits per heavy atom. The summed E-state index contributed by atoms with van der Waals surface area (Å²) in [4.78, 5) is 24.4. The van der Waals surface area contributed by atoms with Crippen LogP contribution in [0.4, 0.5) is 11.4 Å². The van der Waals surface area contributed by atoms with E-state index in [0.717, 1.165) is 18.2 Å². The highest BCUT2D eigenvalue weighted by atomic mass is 32.1. The molecule has 1 heterocycles. The van der Waals surface area contributed by atoms with Crippen molar-refractivity contribution in [3.8, 4) is 0 Å². The fraction of sp³-hybridized carbons (Fsp3) is 0.294. The molecule has 2 amide bonds. The summed E-state index contributed by atoms with van der Waals surface area (Å²) in [5.41, 5.74) is 1.42. The van der Waals surface area contributed by atoms with Crippen molar-refractivity contribution >= 4 is 34.5 Å². The van der Waals surface area contributed by atoms with Crippen molar-refractivity contribution in [1.29, 1.82) is 0 Å². The van der Waals surface area contributed by atoms with Gasteiger partial charge in [0.2, 0.25) is 5.91 Å². The predicted octanol–water partition coefficient (Wildman–Crippen LogP) is 2.94. The largest absolute Gasteiger partial charge is 0.325 e. The van der Waals surface area contributed by atoms with Gasteiger partial charge in [-0.25, -0.2) is 0 Å². The summed E-state index contributed by atoms with van der Waals surface area (Å²) < 4.78 is 0. The van der Waals surface area contributed by atoms with Crippen LogP contribution in [-0.4, -0.2) is 24.9 Å². The quantitative estimate of drug-likeness (QED) is 0.731. The van der Waals surface area contributed by atoms with Crippen molar-refractivity contribution in [2.75, 3.05) is 23.7 Å². The first-order chi connectivity index (χ1) is 11.2. The minimum absolute atomic E-state index is 0.0546. The maximum Gasteiger partial charge on any atom is 0.265 e. The average molecular weight is 329 g/mol. The van der Waals surface area contributed by atoms with Crippen LogP contribution in [-0.2, 0) is 4.79 Å². The molecule has 1 saturated carbocycles. The summed E-state index contributed by atoms with van der Waals surface area (Å²) in [6, 6.07) is 10.7. The Labute approximate surface area is 139 Å². The second-order valence-corrected chi connectivity index (χ2v) is 6.58. The molecule has 23 heavy (non-hydrogen) atoms. The van der Waals surface area contributed by atoms with Gasteiger partial charge in [0.05, 0.1) is 11.4 Å². The van der Waals surface area contributed by atoms with E-state index in [2.05, 4.69) is 16.0 Å². The lowest BCUT2D eigenvalue weighted by Crippen LogP contribution is -2.29. The first-order valence-corrected chi connectivity index (χ1v) is 8.54. The van der Waals surface area contributed by atoms with Crippen LogP contribution in [0.2, 0.25) is 0 Å². The Morgan fingerprint density at radius 1 is 1.04 bits per heavy atom. The molecule has 0 radical (unpaired) electrons. The lowest BCUT2D eigenvalue weighted by Gasteiger charge is -2.08. The Morgan fingerprint density at radius 3 is 2.35 bits per heavy atom. The maximum atomic E-state index is 11.9. The summed E-state index contributed by atoms with van der Waals surface area (Å²) in [5.74, 6) is 0.580. The number of carbonyl (C=O) groups excluding carboxylic acids is 2. The second-order valence-electron chi connectivity index (χ2n) is 5.63. The third-order valence-electron chi connectivity index (χ3n) is 3.59. The average Bonchev–Trinajstić information content (AvgIpc) is 3.19. The maximum absolute atomic E-state index is 11.9. The number of hydrogen-bond donors (Lipinski definition) is 3. The molecule has 3 N–H and O–H groups in total. The van der Waals surface area contributed by atoms with Gasteiger partial charge in [-0.2, -0.15) is 0 Å². The molecule has 0 bridgehead atoms. The molecule has 1 aliphatic carbocycles. The summed E-state index contributed by atoms with van der Waals surface area (Å²) >= 11 is 1.40. The third-order valence-corrected chi connectivity index (χ3v) is 4.46. The summed E-state index contributed by atoms with van der Waals surface area (Å²) in [6.45, 7) is 1.24. The topological polar surface area (TPSA) is 70.2 Å². The Balaban J connectivity index is 1.46. The van der Waals surface area contributed by atoms with Gasteiger partial charge in [-0.1, -0.05) is 6.07 Å². The summed E-state index contributed by atoms with van der Waals surface area (Å²) in [5, 5.41) is 10.7. The number of thiophene rings is 1. The molecule has 120 valence electrons. The van der Waals surface area contributed by atoms with Crippen LogP contribution in [0.1, 0.15) is 22.5 Å². The van der Waals surface area contributed by atoms with Gasteiger partial charge in [0.15, 0.2) is 0 Å². The number of hydrogen-bond acceptors (Lipinski definition) is 4. The van der Waals surface area contributed by atoms with E-state index in [9.17, 15) is 9.59 Å². The van der Waals surface area contributed by atoms with E-state index in [4.69, 9.17) is 0 Å². The molecule has 0 atom stereocenters. The monoisotopic (exact) mass is 329 g/mol. The van der Waals surface area contributed by atoms with Crippen LogP contribution in [0, 0.1) is 5.92 Å². The zero-order chi connectivity index (χ0) is 16.1. The molecule has 6 heteroatoms. The van der Waals surface area contributed by atoms with Crippen molar-refractivity contribution in [2.24, 2.45) is 5.92 Å². The number of nitrogens with one attached hydrogen (secondary N) is 3. The van der Waals surface area contributed by atoms with E-state index >= 15 is 0 Å². The normalized spacial score (nSPS) is 13.6. The van der Waals surface area contributed by atoms with Crippen LogP contribution in [0.25, 0.3) is 0 Å². The molecular formula is C17H19N3O2S. The number of rotatable bonds is 7. The molecule has 0 saturated heterocycles. The van der Waals surface area contributed by atoms with Crippen LogP contribution >= 0.6 is 11.3 Å². The highest BCUT2D eigenvalue weighted by Gasteiger charge is 2.20. The van der Waals surface area contributed by atoms with Crippen molar-refractivity contribution in [2.45, 2.75) is 12.8 Å². The first-order valence-electron chi connectivity index (χ1n) is 7.66. The first kappa shape index (κ1) is 15.7. The molecule has 5 nitrogen and oxygen atoms in total. The molecule has 2 aromatic rings. The predicted molar refractivity (Wildman–Crippen MR) is 92.9 cm³/mol. The van der Waals surface area contributed by atoms with Gasteiger partial charge in [0.25, 0.3) is 5.91 Å². The molecule has 0 spiro atoms. The number of benzene rings is 1. The Hall–Kier alpha value is -2.18. The van der Waals surface area contributed by atoms with Gasteiger partial charge in [-0.15, -0.1) is 11.3 Å². The van der Waals surface area contributed by atoms with E-state index in [1.807, 2.05) is 11.4 Å². The number of amides is 2. The Bertz CT molecular complexity index is 664. The van der Waals surface area contributed by atoms with E-state index in [1.165, 1.54) is 24.2 Å². The van der Waals surface area contributed by atoms with Gasteiger partial charge < -0.3 is 16.0 Å². The molecule has 1 aromatic carbocycles. The second kappa shape index (κ2) is 7.39. The van der Waals surface area contributed by atoms with E-state index in [0.29, 0.717) is 17.1 Å². The number of anilines is 2. The van der Waals surface area contributed by atoms with Crippen molar-refractivity contribution in [1.82, 2.24) is 5.32 Å². The smallest absolute Gasteiger partial charge is 0.265 e. The van der Waals surface area contributed by atoms with E-state index in [-0.39, 0.29) is 11.8 Å². The number of carbonyl (C=O) groups is 2. The Kier molecular flexibility index (Phi) is 5.05. The minimum Gasteiger partial charge on any atom is -0.325 e. The fourth-order valence-corrected chi connectivity index (χ4v) is 2.77. The third kappa shape index (κ3) is 4.91. The van der Waals surface area contributed by atoms with E-state index < -0.39 is 0 Å². The van der Waals surface area contributed by atoms with Crippen LogP contribution in [0.5, 0.6) is 0 Å². The molecule has 3 rings (SSSR count). The van der Waals surface area contributed by atoms with Crippen molar-refractivity contribution in [3.63, 3.8) is 0 Å². The minimum atomic E-state index is -0.124. The van der Waals surface area contributed by atoms with Gasteiger partial charge in [-0.05, 0) is 61.0 Å². The molecule has 1 aliphatic rings. The highest BCUT2D eigenvalue weighted by molar-refractivity contribution is 7.12. The molecular weight excluding hydrogens is 310 g/mol. The van der Waals surface area contributed by atoms with Crippen LogP contribution in [0.15, 0.2) is 41.8 Å². The molecule has 1 aromatic heterocycles. The lowest BCUT2D eigenvalue weighted by molar-refractivity contribution is -0.115. The van der Waals surface area contributed by atoms with Crippen LogP contribution in [0.3, 0.4) is 0 Å². The van der Waals surface area contributed by atoms with Crippen LogP contribution < -0.4 is 16.0 Å². The summed E-state index contributed by atoms with van der Waals surface area (Å²) in [7, 11) is 0. The van der Waals surface area contributed by atoms with E-state index in [1.54, 1.807) is 30.3 Å². The zero-order valence-corrected chi connectivity index (χ0v) is 13.5. The fourth-order valence-electron chi connectivity index (χ4n) is 2.15. The van der Waals surface area contributed by atoms with Crippen molar-refractivity contribution in [3.05, 3.63) is 46.7 Å². The highest BCUT2D eigenvalue weighted by Crippen LogP contribution is 2.27. The van der Waals surface area contributed by atoms with Gasteiger partial charge in [0.1, 0.15) is 0 Å². The van der Waals surface area contributed by atoms with Gasteiger partial charge in [-0.3, -0.25) is 9.59 Å². The van der Waals surface area contributed by atoms with Gasteiger partial charge in [0, 0.05) is 11.4 Å². The SMILES string of the molecule is O=C(CNCC1CC1)Nc1ccc(NC(=O)c2cccs2)cc1. The van der Waals surface area contributed by atoms with Crippen molar-refractivity contribution < 1.29 is 9.59 Å². The molecule has 0 aliphatic heterocycles. The zero-order valence-electron chi connectivity index (χ0n) is 12.7. The standard InChI is InChI=1S/C17H19N3O2S/c21-16(11-18-10-12-3-4-12)19-13-5-7-14(8-6-13)20-17(22)15-2-1-9-23-15/h1-2,5-9,12,18H,3-4,10-11H2,(H,19,21)(H,20,22). The summed E-state index contributed by atoms with van der Waals surface area (Å²) in [6.07, 6.45) is 2.54. The molecule has 0 unspecified atom stereocenters. The lowest BCUT2D eigenvalue weighted by atomic mass is 10.2. The molecule has 1 fully saturated rings.